The van der Waals surface area contributed by atoms with E-state index >= 15 is 0 Å². The van der Waals surface area contributed by atoms with Gasteiger partial charge in [0.2, 0.25) is 15.9 Å². The highest BCUT2D eigenvalue weighted by molar-refractivity contribution is 7.89. The Bertz CT molecular complexity index is 739. The van der Waals surface area contributed by atoms with Crippen LogP contribution in [0.2, 0.25) is 0 Å². The van der Waals surface area contributed by atoms with Gasteiger partial charge in [-0.15, -0.1) is 0 Å². The molecule has 27 heavy (non-hydrogen) atoms. The van der Waals surface area contributed by atoms with E-state index in [1.807, 2.05) is 6.92 Å². The molecular weight excluding hydrogens is 366 g/mol. The molecule has 0 unspecified atom stereocenters. The number of carbonyl (C=O) groups is 2. The molecule has 1 atom stereocenters. The molecule has 1 aliphatic heterocycles. The Morgan fingerprint density at radius 1 is 1.07 bits per heavy atom. The molecule has 1 aliphatic rings. The normalized spacial score (nSPS) is 17.0. The minimum absolute atomic E-state index is 0.190. The van der Waals surface area contributed by atoms with Gasteiger partial charge >= 0.3 is 0 Å². The first-order valence-corrected chi connectivity index (χ1v) is 11.0. The molecule has 8 heteroatoms. The molecule has 2 amide bonds. The Hall–Kier alpha value is -1.93. The van der Waals surface area contributed by atoms with Crippen LogP contribution in [-0.2, 0) is 14.8 Å². The molecule has 1 saturated heterocycles. The number of rotatable bonds is 7. The number of nitrogens with zero attached hydrogens (tertiary/aromatic N) is 1. The largest absolute Gasteiger partial charge is 0.354 e. The molecule has 1 aromatic carbocycles. The van der Waals surface area contributed by atoms with E-state index in [9.17, 15) is 18.0 Å². The fourth-order valence-corrected chi connectivity index (χ4v) is 4.47. The van der Waals surface area contributed by atoms with Crippen LogP contribution in [0.1, 0.15) is 56.3 Å². The third kappa shape index (κ3) is 5.77. The summed E-state index contributed by atoms with van der Waals surface area (Å²) in [6.45, 7) is 5.19. The Morgan fingerprint density at radius 3 is 2.22 bits per heavy atom. The molecule has 0 radical (unpaired) electrons. The molecule has 1 aromatic rings. The van der Waals surface area contributed by atoms with Gasteiger partial charge in [-0.2, -0.15) is 4.31 Å². The maximum absolute atomic E-state index is 12.8. The van der Waals surface area contributed by atoms with Crippen LogP contribution in [0.4, 0.5) is 0 Å². The average molecular weight is 396 g/mol. The Kier molecular flexibility index (Phi) is 7.79. The van der Waals surface area contributed by atoms with Crippen molar-refractivity contribution in [2.24, 2.45) is 0 Å². The van der Waals surface area contributed by atoms with Crippen molar-refractivity contribution >= 4 is 21.8 Å². The summed E-state index contributed by atoms with van der Waals surface area (Å²) >= 11 is 0. The van der Waals surface area contributed by atoms with Gasteiger partial charge in [0.25, 0.3) is 5.91 Å². The summed E-state index contributed by atoms with van der Waals surface area (Å²) < 4.78 is 27.0. The average Bonchev–Trinajstić information content (AvgIpc) is 2.96. The maximum Gasteiger partial charge on any atom is 0.251 e. The number of hydrogen-bond donors (Lipinski definition) is 2. The lowest BCUT2D eigenvalue weighted by atomic mass is 10.2. The van der Waals surface area contributed by atoms with Crippen LogP contribution in [0.25, 0.3) is 0 Å². The zero-order valence-corrected chi connectivity index (χ0v) is 16.8. The van der Waals surface area contributed by atoms with Crippen LogP contribution < -0.4 is 10.6 Å². The van der Waals surface area contributed by atoms with Crippen LogP contribution in [0, 0.1) is 0 Å². The number of nitrogens with one attached hydrogen (secondary N) is 2. The number of benzene rings is 1. The molecule has 0 saturated carbocycles. The molecule has 2 rings (SSSR count). The molecule has 0 bridgehead atoms. The molecule has 0 spiro atoms. The van der Waals surface area contributed by atoms with Gasteiger partial charge in [-0.3, -0.25) is 9.59 Å². The first-order valence-electron chi connectivity index (χ1n) is 9.55. The minimum Gasteiger partial charge on any atom is -0.354 e. The van der Waals surface area contributed by atoms with Gasteiger partial charge in [-0.05, 0) is 50.5 Å². The molecule has 150 valence electrons. The summed E-state index contributed by atoms with van der Waals surface area (Å²) in [5.74, 6) is -0.654. The SMILES string of the molecule is CCCNC(=O)[C@H](C)NC(=O)c1ccc(S(=O)(=O)N2CCCCCC2)cc1. The molecule has 7 nitrogen and oxygen atoms in total. The fraction of sp³-hybridized carbons (Fsp3) is 0.579. The van der Waals surface area contributed by atoms with Gasteiger partial charge in [-0.25, -0.2) is 8.42 Å². The first-order chi connectivity index (χ1) is 12.9. The van der Waals surface area contributed by atoms with Crippen molar-refractivity contribution in [2.45, 2.75) is 56.9 Å². The van der Waals surface area contributed by atoms with Crippen molar-refractivity contribution in [3.8, 4) is 0 Å². The zero-order chi connectivity index (χ0) is 19.9. The van der Waals surface area contributed by atoms with Gasteiger partial charge in [0.15, 0.2) is 0 Å². The molecule has 2 N–H and O–H groups in total. The number of amides is 2. The monoisotopic (exact) mass is 395 g/mol. The Balaban J connectivity index is 2.03. The van der Waals surface area contributed by atoms with Crippen molar-refractivity contribution in [1.29, 1.82) is 0 Å². The topological polar surface area (TPSA) is 95.6 Å². The van der Waals surface area contributed by atoms with E-state index in [1.54, 1.807) is 6.92 Å². The minimum atomic E-state index is -3.54. The van der Waals surface area contributed by atoms with E-state index in [2.05, 4.69) is 10.6 Å². The van der Waals surface area contributed by atoms with Crippen molar-refractivity contribution in [3.05, 3.63) is 29.8 Å². The highest BCUT2D eigenvalue weighted by atomic mass is 32.2. The van der Waals surface area contributed by atoms with Gasteiger partial charge in [-0.1, -0.05) is 19.8 Å². The summed E-state index contributed by atoms with van der Waals surface area (Å²) in [6.07, 6.45) is 4.67. The zero-order valence-electron chi connectivity index (χ0n) is 16.0. The van der Waals surface area contributed by atoms with Crippen LogP contribution >= 0.6 is 0 Å². The molecule has 1 fully saturated rings. The van der Waals surface area contributed by atoms with Crippen LogP contribution in [-0.4, -0.2) is 50.2 Å². The molecule has 0 aliphatic carbocycles. The number of hydrogen-bond acceptors (Lipinski definition) is 4. The second-order valence-corrected chi connectivity index (χ2v) is 8.77. The summed E-state index contributed by atoms with van der Waals surface area (Å²) in [5, 5.41) is 5.34. The van der Waals surface area contributed by atoms with E-state index in [4.69, 9.17) is 0 Å². The second kappa shape index (κ2) is 9.85. The van der Waals surface area contributed by atoms with E-state index in [-0.39, 0.29) is 10.8 Å². The summed E-state index contributed by atoms with van der Waals surface area (Å²) in [4.78, 5) is 24.3. The molecule has 1 heterocycles. The Labute approximate surface area is 161 Å². The van der Waals surface area contributed by atoms with Gasteiger partial charge in [0, 0.05) is 25.2 Å². The smallest absolute Gasteiger partial charge is 0.251 e. The Morgan fingerprint density at radius 2 is 1.67 bits per heavy atom. The lowest BCUT2D eigenvalue weighted by molar-refractivity contribution is -0.122. The predicted molar refractivity (Wildman–Crippen MR) is 104 cm³/mol. The maximum atomic E-state index is 12.8. The molecular formula is C19H29N3O4S. The second-order valence-electron chi connectivity index (χ2n) is 6.83. The number of carbonyl (C=O) groups excluding carboxylic acids is 2. The quantitative estimate of drug-likeness (QED) is 0.737. The number of sulfonamides is 1. The van der Waals surface area contributed by atoms with E-state index < -0.39 is 22.0 Å². The highest BCUT2D eigenvalue weighted by Crippen LogP contribution is 2.20. The fourth-order valence-electron chi connectivity index (χ4n) is 2.96. The lowest BCUT2D eigenvalue weighted by Gasteiger charge is -2.20. The van der Waals surface area contributed by atoms with Crippen LogP contribution in [0.5, 0.6) is 0 Å². The third-order valence-electron chi connectivity index (χ3n) is 4.61. The van der Waals surface area contributed by atoms with Crippen LogP contribution in [0.15, 0.2) is 29.2 Å². The van der Waals surface area contributed by atoms with E-state index in [1.165, 1.54) is 28.6 Å². The third-order valence-corrected chi connectivity index (χ3v) is 6.52. The predicted octanol–water partition coefficient (Wildman–Crippen LogP) is 1.90. The van der Waals surface area contributed by atoms with Gasteiger partial charge in [0.1, 0.15) is 6.04 Å². The first kappa shape index (κ1) is 21.4. The van der Waals surface area contributed by atoms with Gasteiger partial charge in [0.05, 0.1) is 4.90 Å². The molecule has 0 aromatic heterocycles. The lowest BCUT2D eigenvalue weighted by Crippen LogP contribution is -2.45. The van der Waals surface area contributed by atoms with Crippen molar-refractivity contribution < 1.29 is 18.0 Å². The summed E-state index contributed by atoms with van der Waals surface area (Å²) in [6, 6.07) is 5.21. The van der Waals surface area contributed by atoms with Crippen molar-refractivity contribution in [3.63, 3.8) is 0 Å². The van der Waals surface area contributed by atoms with Crippen molar-refractivity contribution in [1.82, 2.24) is 14.9 Å². The summed E-state index contributed by atoms with van der Waals surface area (Å²) in [5.41, 5.74) is 0.319. The van der Waals surface area contributed by atoms with E-state index in [0.29, 0.717) is 25.2 Å². The summed E-state index contributed by atoms with van der Waals surface area (Å²) in [7, 11) is -3.54. The standard InChI is InChI=1S/C19H29N3O4S/c1-3-12-20-18(23)15(2)21-19(24)16-8-10-17(11-9-16)27(25,26)22-13-6-4-5-7-14-22/h8-11,15H,3-7,12-14H2,1-2H3,(H,20,23)(H,21,24)/t15-/m0/s1. The van der Waals surface area contributed by atoms with E-state index in [0.717, 1.165) is 32.1 Å². The highest BCUT2D eigenvalue weighted by Gasteiger charge is 2.25. The van der Waals surface area contributed by atoms with Crippen molar-refractivity contribution in [2.75, 3.05) is 19.6 Å². The van der Waals surface area contributed by atoms with Crippen LogP contribution in [0.3, 0.4) is 0 Å². The van der Waals surface area contributed by atoms with Gasteiger partial charge < -0.3 is 10.6 Å².